The lowest BCUT2D eigenvalue weighted by molar-refractivity contribution is 0.461. The summed E-state index contributed by atoms with van der Waals surface area (Å²) < 4.78 is 5.93. The lowest BCUT2D eigenvalue weighted by atomic mass is 10.2. The lowest BCUT2D eigenvalue weighted by Gasteiger charge is -2.13. The third-order valence-electron chi connectivity index (χ3n) is 2.92. The number of aromatic nitrogens is 2. The van der Waals surface area contributed by atoms with Crippen molar-refractivity contribution in [2.75, 3.05) is 6.54 Å². The molecule has 0 spiro atoms. The number of pyridine rings is 2. The number of hydrogen-bond acceptors (Lipinski definition) is 4. The second-order valence-electron chi connectivity index (χ2n) is 5.20. The highest BCUT2D eigenvalue weighted by molar-refractivity contribution is 5.36. The molecule has 0 atom stereocenters. The molecule has 0 aliphatic heterocycles. The average Bonchev–Trinajstić information content (AvgIpc) is 2.43. The summed E-state index contributed by atoms with van der Waals surface area (Å²) in [5.74, 6) is 2.17. The van der Waals surface area contributed by atoms with Crippen LogP contribution in [-0.4, -0.2) is 16.5 Å². The van der Waals surface area contributed by atoms with Gasteiger partial charge < -0.3 is 10.1 Å². The minimum absolute atomic E-state index is 0.627. The topological polar surface area (TPSA) is 47.0 Å². The van der Waals surface area contributed by atoms with Crippen LogP contribution in [0.15, 0.2) is 36.8 Å². The van der Waals surface area contributed by atoms with E-state index >= 15 is 0 Å². The van der Waals surface area contributed by atoms with Crippen LogP contribution in [0.5, 0.6) is 11.5 Å². The van der Waals surface area contributed by atoms with Crippen molar-refractivity contribution in [1.29, 1.82) is 0 Å². The standard InChI is InChI=1S/C16H21N3O/c1-12(2)9-18-10-14-6-8-17-11-16(14)20-15-5-4-7-19-13(15)3/h4-8,11-12,18H,9-10H2,1-3H3. The average molecular weight is 271 g/mol. The largest absolute Gasteiger partial charge is 0.453 e. The van der Waals surface area contributed by atoms with E-state index in [4.69, 9.17) is 4.74 Å². The number of rotatable bonds is 6. The van der Waals surface area contributed by atoms with Gasteiger partial charge in [-0.2, -0.15) is 0 Å². The van der Waals surface area contributed by atoms with Gasteiger partial charge >= 0.3 is 0 Å². The Morgan fingerprint density at radius 2 is 2.05 bits per heavy atom. The minimum atomic E-state index is 0.627. The third-order valence-corrected chi connectivity index (χ3v) is 2.92. The van der Waals surface area contributed by atoms with Crippen LogP contribution in [0.1, 0.15) is 25.1 Å². The van der Waals surface area contributed by atoms with Crippen LogP contribution in [0.25, 0.3) is 0 Å². The predicted octanol–water partition coefficient (Wildman–Crippen LogP) is 3.32. The Bertz CT molecular complexity index is 555. The molecule has 0 saturated heterocycles. The van der Waals surface area contributed by atoms with Crippen LogP contribution in [0.3, 0.4) is 0 Å². The van der Waals surface area contributed by atoms with Gasteiger partial charge in [0.15, 0.2) is 0 Å². The SMILES string of the molecule is Cc1ncccc1Oc1cnccc1CNCC(C)C. The molecule has 0 amide bonds. The fourth-order valence-corrected chi connectivity index (χ4v) is 1.84. The quantitative estimate of drug-likeness (QED) is 0.875. The number of nitrogens with one attached hydrogen (secondary N) is 1. The van der Waals surface area contributed by atoms with Gasteiger partial charge in [-0.25, -0.2) is 0 Å². The molecule has 2 rings (SSSR count). The van der Waals surface area contributed by atoms with Crippen molar-refractivity contribution < 1.29 is 4.74 Å². The molecule has 0 fully saturated rings. The predicted molar refractivity (Wildman–Crippen MR) is 79.8 cm³/mol. The second-order valence-corrected chi connectivity index (χ2v) is 5.20. The highest BCUT2D eigenvalue weighted by Crippen LogP contribution is 2.25. The van der Waals surface area contributed by atoms with Crippen LogP contribution in [0, 0.1) is 12.8 Å². The maximum atomic E-state index is 5.93. The first-order valence-electron chi connectivity index (χ1n) is 6.90. The normalized spacial score (nSPS) is 10.8. The van der Waals surface area contributed by atoms with Crippen molar-refractivity contribution in [3.63, 3.8) is 0 Å². The molecule has 4 nitrogen and oxygen atoms in total. The molecule has 106 valence electrons. The van der Waals surface area contributed by atoms with Gasteiger partial charge in [0, 0.05) is 24.5 Å². The molecular formula is C16H21N3O. The summed E-state index contributed by atoms with van der Waals surface area (Å²) in [6, 6.07) is 5.77. The molecule has 2 aromatic rings. The Balaban J connectivity index is 2.10. The Morgan fingerprint density at radius 3 is 2.80 bits per heavy atom. The molecule has 0 bridgehead atoms. The molecule has 0 saturated carbocycles. The van der Waals surface area contributed by atoms with Crippen LogP contribution in [0.2, 0.25) is 0 Å². The summed E-state index contributed by atoms with van der Waals surface area (Å²) in [5.41, 5.74) is 1.97. The van der Waals surface area contributed by atoms with Gasteiger partial charge in [-0.1, -0.05) is 13.8 Å². The van der Waals surface area contributed by atoms with E-state index in [0.29, 0.717) is 5.92 Å². The molecule has 4 heteroatoms. The van der Waals surface area contributed by atoms with Gasteiger partial charge in [0.2, 0.25) is 0 Å². The molecule has 0 aliphatic carbocycles. The Kier molecular flexibility index (Phi) is 5.07. The number of ether oxygens (including phenoxy) is 1. The van der Waals surface area contributed by atoms with E-state index in [2.05, 4.69) is 29.1 Å². The highest BCUT2D eigenvalue weighted by atomic mass is 16.5. The summed E-state index contributed by atoms with van der Waals surface area (Å²) in [6.45, 7) is 8.07. The summed E-state index contributed by atoms with van der Waals surface area (Å²) in [7, 11) is 0. The Morgan fingerprint density at radius 1 is 1.20 bits per heavy atom. The second kappa shape index (κ2) is 7.01. The number of nitrogens with zero attached hydrogens (tertiary/aromatic N) is 2. The first-order valence-corrected chi connectivity index (χ1v) is 6.90. The molecule has 1 N–H and O–H groups in total. The smallest absolute Gasteiger partial charge is 0.150 e. The van der Waals surface area contributed by atoms with Gasteiger partial charge in [0.05, 0.1) is 11.9 Å². The Hall–Kier alpha value is -1.94. The van der Waals surface area contributed by atoms with Gasteiger partial charge in [-0.3, -0.25) is 9.97 Å². The summed E-state index contributed by atoms with van der Waals surface area (Å²) in [4.78, 5) is 8.37. The van der Waals surface area contributed by atoms with Crippen molar-refractivity contribution in [2.45, 2.75) is 27.3 Å². The molecule has 20 heavy (non-hydrogen) atoms. The fourth-order valence-electron chi connectivity index (χ4n) is 1.84. The molecule has 0 aliphatic rings. The molecule has 2 heterocycles. The molecular weight excluding hydrogens is 250 g/mol. The van der Waals surface area contributed by atoms with E-state index in [0.717, 1.165) is 35.8 Å². The first-order chi connectivity index (χ1) is 9.66. The summed E-state index contributed by atoms with van der Waals surface area (Å²) in [5, 5.41) is 3.42. The van der Waals surface area contributed by atoms with Gasteiger partial charge in [0.25, 0.3) is 0 Å². The van der Waals surface area contributed by atoms with E-state index in [9.17, 15) is 0 Å². The highest BCUT2D eigenvalue weighted by Gasteiger charge is 2.07. The first kappa shape index (κ1) is 14.5. The van der Waals surface area contributed by atoms with Crippen LogP contribution < -0.4 is 10.1 Å². The summed E-state index contributed by atoms with van der Waals surface area (Å²) >= 11 is 0. The van der Waals surface area contributed by atoms with Crippen molar-refractivity contribution in [3.05, 3.63) is 48.0 Å². The van der Waals surface area contributed by atoms with Crippen molar-refractivity contribution >= 4 is 0 Å². The van der Waals surface area contributed by atoms with E-state index in [-0.39, 0.29) is 0 Å². The molecule has 0 radical (unpaired) electrons. The maximum Gasteiger partial charge on any atom is 0.150 e. The lowest BCUT2D eigenvalue weighted by Crippen LogP contribution is -2.19. The maximum absolute atomic E-state index is 5.93. The van der Waals surface area contributed by atoms with Crippen LogP contribution >= 0.6 is 0 Å². The monoisotopic (exact) mass is 271 g/mol. The van der Waals surface area contributed by atoms with E-state index < -0.39 is 0 Å². The van der Waals surface area contributed by atoms with Gasteiger partial charge in [0.1, 0.15) is 11.5 Å². The third kappa shape index (κ3) is 4.03. The minimum Gasteiger partial charge on any atom is -0.453 e. The van der Waals surface area contributed by atoms with Crippen molar-refractivity contribution in [2.24, 2.45) is 5.92 Å². The molecule has 2 aromatic heterocycles. The zero-order valence-corrected chi connectivity index (χ0v) is 12.3. The van der Waals surface area contributed by atoms with E-state index in [1.54, 1.807) is 18.6 Å². The summed E-state index contributed by atoms with van der Waals surface area (Å²) in [6.07, 6.45) is 5.30. The van der Waals surface area contributed by atoms with E-state index in [1.807, 2.05) is 25.1 Å². The molecule has 0 unspecified atom stereocenters. The zero-order valence-electron chi connectivity index (χ0n) is 12.3. The number of hydrogen-bond donors (Lipinski definition) is 1. The van der Waals surface area contributed by atoms with E-state index in [1.165, 1.54) is 0 Å². The van der Waals surface area contributed by atoms with Gasteiger partial charge in [-0.15, -0.1) is 0 Å². The van der Waals surface area contributed by atoms with Crippen molar-refractivity contribution in [3.8, 4) is 11.5 Å². The van der Waals surface area contributed by atoms with Crippen LogP contribution in [0.4, 0.5) is 0 Å². The molecule has 0 aromatic carbocycles. The zero-order chi connectivity index (χ0) is 14.4. The van der Waals surface area contributed by atoms with Gasteiger partial charge in [-0.05, 0) is 37.6 Å². The van der Waals surface area contributed by atoms with Crippen LogP contribution in [-0.2, 0) is 6.54 Å². The fraction of sp³-hybridized carbons (Fsp3) is 0.375. The Labute approximate surface area is 120 Å². The number of aryl methyl sites for hydroxylation is 1. The van der Waals surface area contributed by atoms with Crippen molar-refractivity contribution in [1.82, 2.24) is 15.3 Å².